The summed E-state index contributed by atoms with van der Waals surface area (Å²) in [5.41, 5.74) is 2.31. The quantitative estimate of drug-likeness (QED) is 0.895. The summed E-state index contributed by atoms with van der Waals surface area (Å²) in [5, 5.41) is 1.24. The molecule has 0 aromatic carbocycles. The van der Waals surface area contributed by atoms with Gasteiger partial charge in [0.1, 0.15) is 5.65 Å². The van der Waals surface area contributed by atoms with Crippen molar-refractivity contribution in [2.45, 2.75) is 25.7 Å². The smallest absolute Gasteiger partial charge is 0.137 e. The molecule has 0 amide bonds. The Kier molecular flexibility index (Phi) is 3.31. The van der Waals surface area contributed by atoms with Crippen LogP contribution in [0.1, 0.15) is 24.8 Å². The average molecular weight is 241 g/mol. The number of rotatable bonds is 3. The zero-order valence-electron chi connectivity index (χ0n) is 10.6. The molecule has 3 heterocycles. The van der Waals surface area contributed by atoms with Crippen LogP contribution in [0.25, 0.3) is 11.0 Å². The Hall–Kier alpha value is -1.77. The number of aromatic nitrogens is 2. The Morgan fingerprint density at radius 3 is 3.06 bits per heavy atom. The van der Waals surface area contributed by atoms with Gasteiger partial charge in [0.05, 0.1) is 0 Å². The molecule has 94 valence electrons. The van der Waals surface area contributed by atoms with E-state index in [0.717, 1.165) is 12.1 Å². The Bertz CT molecular complexity index is 535. The number of hydrogen-bond acceptors (Lipinski definition) is 2. The summed E-state index contributed by atoms with van der Waals surface area (Å²) in [4.78, 5) is 9.95. The summed E-state index contributed by atoms with van der Waals surface area (Å²) in [6.07, 6.45) is 13.4. The molecule has 2 aromatic heterocycles. The van der Waals surface area contributed by atoms with Crippen LogP contribution in [0.3, 0.4) is 0 Å². The second-order valence-corrected chi connectivity index (χ2v) is 4.90. The van der Waals surface area contributed by atoms with Crippen molar-refractivity contribution in [2.75, 3.05) is 13.1 Å². The molecule has 1 N–H and O–H groups in total. The van der Waals surface area contributed by atoms with Gasteiger partial charge in [-0.3, -0.25) is 0 Å². The maximum absolute atomic E-state index is 4.31. The first kappa shape index (κ1) is 11.3. The molecule has 1 aliphatic heterocycles. The molecule has 0 bridgehead atoms. The van der Waals surface area contributed by atoms with Gasteiger partial charge in [0, 0.05) is 30.9 Å². The SMILES string of the molecule is C(=CN1CCCCC1)Cc1c[nH]c2ncccc12. The van der Waals surface area contributed by atoms with Crippen LogP contribution in [0.15, 0.2) is 36.8 Å². The third-order valence-electron chi connectivity index (χ3n) is 3.58. The minimum atomic E-state index is 0.974. The van der Waals surface area contributed by atoms with Crippen LogP contribution in [0.4, 0.5) is 0 Å². The Morgan fingerprint density at radius 1 is 1.28 bits per heavy atom. The highest BCUT2D eigenvalue weighted by Gasteiger charge is 2.05. The number of pyridine rings is 1. The highest BCUT2D eigenvalue weighted by molar-refractivity contribution is 5.79. The molecule has 1 aliphatic rings. The van der Waals surface area contributed by atoms with Crippen LogP contribution >= 0.6 is 0 Å². The van der Waals surface area contributed by atoms with Gasteiger partial charge in [0.15, 0.2) is 0 Å². The number of nitrogens with zero attached hydrogens (tertiary/aromatic N) is 2. The van der Waals surface area contributed by atoms with E-state index in [9.17, 15) is 0 Å². The van der Waals surface area contributed by atoms with Gasteiger partial charge in [-0.25, -0.2) is 4.98 Å². The number of aromatic amines is 1. The van der Waals surface area contributed by atoms with E-state index in [2.05, 4.69) is 39.4 Å². The molecule has 1 saturated heterocycles. The average Bonchev–Trinajstić information content (AvgIpc) is 2.84. The first-order valence-corrected chi connectivity index (χ1v) is 6.75. The summed E-state index contributed by atoms with van der Waals surface area (Å²) < 4.78 is 0. The molecular formula is C15H19N3. The van der Waals surface area contributed by atoms with Crippen molar-refractivity contribution in [3.63, 3.8) is 0 Å². The minimum Gasteiger partial charge on any atom is -0.378 e. The van der Waals surface area contributed by atoms with Crippen molar-refractivity contribution in [3.05, 3.63) is 42.4 Å². The van der Waals surface area contributed by atoms with Crippen LogP contribution < -0.4 is 0 Å². The van der Waals surface area contributed by atoms with Crippen molar-refractivity contribution in [1.82, 2.24) is 14.9 Å². The maximum atomic E-state index is 4.31. The summed E-state index contributed by atoms with van der Waals surface area (Å²) in [7, 11) is 0. The predicted molar refractivity (Wildman–Crippen MR) is 74.4 cm³/mol. The maximum Gasteiger partial charge on any atom is 0.137 e. The van der Waals surface area contributed by atoms with Gasteiger partial charge in [0.25, 0.3) is 0 Å². The Labute approximate surface area is 108 Å². The number of fused-ring (bicyclic) bond motifs is 1. The van der Waals surface area contributed by atoms with Crippen LogP contribution in [0.2, 0.25) is 0 Å². The van der Waals surface area contributed by atoms with E-state index in [1.807, 2.05) is 12.3 Å². The monoisotopic (exact) mass is 241 g/mol. The number of allylic oxidation sites excluding steroid dienone is 1. The van der Waals surface area contributed by atoms with Gasteiger partial charge in [0.2, 0.25) is 0 Å². The number of hydrogen-bond donors (Lipinski definition) is 1. The third kappa shape index (κ3) is 2.40. The molecule has 0 unspecified atom stereocenters. The number of likely N-dealkylation sites (tertiary alicyclic amines) is 1. The second-order valence-electron chi connectivity index (χ2n) is 4.90. The standard InChI is InChI=1S/C15H19N3/c1-2-9-18(10-3-1)11-5-6-13-12-17-15-14(13)7-4-8-16-15/h4-5,7-8,11-12H,1-3,6,9-10H2,(H,16,17). The van der Waals surface area contributed by atoms with E-state index in [1.54, 1.807) is 0 Å². The van der Waals surface area contributed by atoms with Crippen molar-refractivity contribution in [1.29, 1.82) is 0 Å². The molecule has 0 aliphatic carbocycles. The minimum absolute atomic E-state index is 0.974. The lowest BCUT2D eigenvalue weighted by Crippen LogP contribution is -2.24. The number of piperidine rings is 1. The molecule has 18 heavy (non-hydrogen) atoms. The zero-order valence-corrected chi connectivity index (χ0v) is 10.6. The lowest BCUT2D eigenvalue weighted by atomic mass is 10.1. The summed E-state index contributed by atoms with van der Waals surface area (Å²) in [6, 6.07) is 4.12. The summed E-state index contributed by atoms with van der Waals surface area (Å²) >= 11 is 0. The van der Waals surface area contributed by atoms with E-state index >= 15 is 0 Å². The highest BCUT2D eigenvalue weighted by Crippen LogP contribution is 2.16. The lowest BCUT2D eigenvalue weighted by Gasteiger charge is -2.24. The van der Waals surface area contributed by atoms with Crippen LogP contribution in [0.5, 0.6) is 0 Å². The van der Waals surface area contributed by atoms with Gasteiger partial charge in [-0.15, -0.1) is 0 Å². The largest absolute Gasteiger partial charge is 0.378 e. The molecule has 0 saturated carbocycles. The van der Waals surface area contributed by atoms with Crippen molar-refractivity contribution in [3.8, 4) is 0 Å². The molecule has 2 aromatic rings. The molecule has 1 fully saturated rings. The molecule has 3 nitrogen and oxygen atoms in total. The van der Waals surface area contributed by atoms with E-state index < -0.39 is 0 Å². The highest BCUT2D eigenvalue weighted by atomic mass is 15.1. The molecule has 0 atom stereocenters. The van der Waals surface area contributed by atoms with E-state index in [4.69, 9.17) is 0 Å². The van der Waals surface area contributed by atoms with Crippen molar-refractivity contribution < 1.29 is 0 Å². The van der Waals surface area contributed by atoms with E-state index in [0.29, 0.717) is 0 Å². The normalized spacial score (nSPS) is 16.8. The second kappa shape index (κ2) is 5.25. The molecule has 0 spiro atoms. The number of nitrogens with one attached hydrogen (secondary N) is 1. The predicted octanol–water partition coefficient (Wildman–Crippen LogP) is 3.11. The van der Waals surface area contributed by atoms with Crippen LogP contribution in [-0.2, 0) is 6.42 Å². The van der Waals surface area contributed by atoms with Crippen LogP contribution in [0, 0.1) is 0 Å². The van der Waals surface area contributed by atoms with Crippen LogP contribution in [-0.4, -0.2) is 28.0 Å². The van der Waals surface area contributed by atoms with E-state index in [-0.39, 0.29) is 0 Å². The first-order valence-electron chi connectivity index (χ1n) is 6.75. The molecule has 3 heteroatoms. The fourth-order valence-electron chi connectivity index (χ4n) is 2.58. The Balaban J connectivity index is 1.67. The lowest BCUT2D eigenvalue weighted by molar-refractivity contribution is 0.309. The molecule has 3 rings (SSSR count). The molecular weight excluding hydrogens is 222 g/mol. The topological polar surface area (TPSA) is 31.9 Å². The fourth-order valence-corrected chi connectivity index (χ4v) is 2.58. The van der Waals surface area contributed by atoms with Gasteiger partial charge >= 0.3 is 0 Å². The van der Waals surface area contributed by atoms with E-state index in [1.165, 1.54) is 43.3 Å². The van der Waals surface area contributed by atoms with Crippen molar-refractivity contribution >= 4 is 11.0 Å². The number of H-pyrrole nitrogens is 1. The summed E-state index contributed by atoms with van der Waals surface area (Å²) in [5.74, 6) is 0. The molecule has 0 radical (unpaired) electrons. The first-order chi connectivity index (χ1) is 8.93. The zero-order chi connectivity index (χ0) is 12.2. The fraction of sp³-hybridized carbons (Fsp3) is 0.400. The van der Waals surface area contributed by atoms with Gasteiger partial charge < -0.3 is 9.88 Å². The van der Waals surface area contributed by atoms with Gasteiger partial charge in [-0.1, -0.05) is 6.08 Å². The van der Waals surface area contributed by atoms with Gasteiger partial charge in [-0.2, -0.15) is 0 Å². The van der Waals surface area contributed by atoms with Gasteiger partial charge in [-0.05, 0) is 49.6 Å². The third-order valence-corrected chi connectivity index (χ3v) is 3.58. The summed E-state index contributed by atoms with van der Waals surface area (Å²) in [6.45, 7) is 2.43. The van der Waals surface area contributed by atoms with Crippen molar-refractivity contribution in [2.24, 2.45) is 0 Å². The Morgan fingerprint density at radius 2 is 2.17 bits per heavy atom.